The average molecular weight is 426 g/mol. The Bertz CT molecular complexity index is 735. The van der Waals surface area contributed by atoms with Gasteiger partial charge >= 0.3 is 12.5 Å². The number of carbonyl (C=O) groups is 1. The van der Waals surface area contributed by atoms with Crippen molar-refractivity contribution in [2.75, 3.05) is 19.7 Å². The summed E-state index contributed by atoms with van der Waals surface area (Å²) in [6.45, 7) is 3.93. The third-order valence-corrected chi connectivity index (χ3v) is 6.82. The van der Waals surface area contributed by atoms with Gasteiger partial charge in [-0.25, -0.2) is 4.79 Å². The van der Waals surface area contributed by atoms with Gasteiger partial charge in [0.15, 0.2) is 0 Å². The molecule has 0 radical (unpaired) electrons. The SMILES string of the molecule is CCOC(=O)N1C2CCC1CC(N1CCC(c3ccccc3OC(F)(F)F)CC1)C2. The minimum absolute atomic E-state index is 0.0659. The van der Waals surface area contributed by atoms with E-state index in [0.717, 1.165) is 51.6 Å². The molecular weight excluding hydrogens is 397 g/mol. The Balaban J connectivity index is 1.36. The number of fused-ring (bicyclic) bond motifs is 2. The molecule has 8 heteroatoms. The van der Waals surface area contributed by atoms with Crippen molar-refractivity contribution in [3.05, 3.63) is 29.8 Å². The van der Waals surface area contributed by atoms with Crippen LogP contribution in [0, 0.1) is 0 Å². The van der Waals surface area contributed by atoms with Crippen molar-refractivity contribution in [2.24, 2.45) is 0 Å². The Hall–Kier alpha value is -1.96. The highest BCUT2D eigenvalue weighted by molar-refractivity contribution is 5.69. The van der Waals surface area contributed by atoms with Crippen molar-refractivity contribution >= 4 is 6.09 Å². The van der Waals surface area contributed by atoms with E-state index in [4.69, 9.17) is 4.74 Å². The van der Waals surface area contributed by atoms with E-state index in [0.29, 0.717) is 18.2 Å². The normalized spacial score (nSPS) is 27.9. The van der Waals surface area contributed by atoms with Gasteiger partial charge in [0.1, 0.15) is 5.75 Å². The molecule has 0 N–H and O–H groups in total. The third-order valence-electron chi connectivity index (χ3n) is 6.82. The van der Waals surface area contributed by atoms with Gasteiger partial charge in [-0.3, -0.25) is 0 Å². The molecule has 5 nitrogen and oxygen atoms in total. The van der Waals surface area contributed by atoms with Crippen LogP contribution in [-0.4, -0.2) is 60.1 Å². The van der Waals surface area contributed by atoms with Crippen LogP contribution in [0.25, 0.3) is 0 Å². The Morgan fingerprint density at radius 1 is 1.03 bits per heavy atom. The maximum absolute atomic E-state index is 12.7. The molecule has 2 bridgehead atoms. The summed E-state index contributed by atoms with van der Waals surface area (Å²) in [4.78, 5) is 16.7. The number of para-hydroxylation sites is 1. The van der Waals surface area contributed by atoms with Gasteiger partial charge in [0.25, 0.3) is 0 Å². The molecule has 1 aromatic rings. The summed E-state index contributed by atoms with van der Waals surface area (Å²) < 4.78 is 47.7. The lowest BCUT2D eigenvalue weighted by Gasteiger charge is -2.45. The number of nitrogens with zero attached hydrogens (tertiary/aromatic N) is 2. The minimum Gasteiger partial charge on any atom is -0.450 e. The highest BCUT2D eigenvalue weighted by Gasteiger charge is 2.45. The topological polar surface area (TPSA) is 42.0 Å². The number of carbonyl (C=O) groups excluding carboxylic acids is 1. The number of ether oxygens (including phenoxy) is 2. The van der Waals surface area contributed by atoms with Crippen molar-refractivity contribution < 1.29 is 27.4 Å². The highest BCUT2D eigenvalue weighted by Crippen LogP contribution is 2.41. The highest BCUT2D eigenvalue weighted by atomic mass is 19.4. The summed E-state index contributed by atoms with van der Waals surface area (Å²) in [7, 11) is 0. The smallest absolute Gasteiger partial charge is 0.450 e. The zero-order valence-corrected chi connectivity index (χ0v) is 17.2. The number of hydrogen-bond donors (Lipinski definition) is 0. The molecule has 2 unspecified atom stereocenters. The lowest BCUT2D eigenvalue weighted by molar-refractivity contribution is -0.275. The van der Waals surface area contributed by atoms with Crippen LogP contribution in [0.2, 0.25) is 0 Å². The summed E-state index contributed by atoms with van der Waals surface area (Å²) in [5.74, 6) is -0.0135. The number of alkyl halides is 3. The van der Waals surface area contributed by atoms with Gasteiger partial charge in [-0.05, 0) is 76.1 Å². The number of piperidine rings is 2. The van der Waals surface area contributed by atoms with Crippen LogP contribution in [0.4, 0.5) is 18.0 Å². The molecule has 0 spiro atoms. The van der Waals surface area contributed by atoms with E-state index in [1.54, 1.807) is 18.2 Å². The first-order valence-corrected chi connectivity index (χ1v) is 10.9. The van der Waals surface area contributed by atoms with Crippen molar-refractivity contribution in [3.8, 4) is 5.75 Å². The van der Waals surface area contributed by atoms with Crippen LogP contribution in [0.5, 0.6) is 5.75 Å². The molecule has 0 aliphatic carbocycles. The van der Waals surface area contributed by atoms with E-state index in [-0.39, 0.29) is 29.8 Å². The average Bonchev–Trinajstić information content (AvgIpc) is 2.97. The molecule has 3 aliphatic rings. The lowest BCUT2D eigenvalue weighted by Crippen LogP contribution is -2.53. The Labute approximate surface area is 175 Å². The lowest BCUT2D eigenvalue weighted by atomic mass is 9.86. The molecule has 1 aromatic carbocycles. The van der Waals surface area contributed by atoms with Gasteiger partial charge in [0.2, 0.25) is 0 Å². The number of halogens is 3. The second-order valence-corrected chi connectivity index (χ2v) is 8.51. The largest absolute Gasteiger partial charge is 0.573 e. The first kappa shape index (κ1) is 21.3. The van der Waals surface area contributed by atoms with Crippen molar-refractivity contribution in [3.63, 3.8) is 0 Å². The molecule has 30 heavy (non-hydrogen) atoms. The molecule has 2 atom stereocenters. The van der Waals surface area contributed by atoms with Gasteiger partial charge in [-0.15, -0.1) is 13.2 Å². The van der Waals surface area contributed by atoms with Crippen LogP contribution in [0.3, 0.4) is 0 Å². The van der Waals surface area contributed by atoms with Crippen LogP contribution in [0.15, 0.2) is 24.3 Å². The first-order chi connectivity index (χ1) is 14.4. The fourth-order valence-corrected chi connectivity index (χ4v) is 5.55. The van der Waals surface area contributed by atoms with Crippen LogP contribution < -0.4 is 4.74 Å². The van der Waals surface area contributed by atoms with E-state index in [2.05, 4.69) is 9.64 Å². The van der Waals surface area contributed by atoms with Gasteiger partial charge in [-0.2, -0.15) is 0 Å². The van der Waals surface area contributed by atoms with Crippen molar-refractivity contribution in [1.29, 1.82) is 0 Å². The molecule has 3 saturated heterocycles. The van der Waals surface area contributed by atoms with Crippen LogP contribution >= 0.6 is 0 Å². The molecule has 4 rings (SSSR count). The van der Waals surface area contributed by atoms with Gasteiger partial charge < -0.3 is 19.3 Å². The second kappa shape index (κ2) is 8.65. The number of likely N-dealkylation sites (tertiary alicyclic amines) is 1. The molecule has 3 heterocycles. The fraction of sp³-hybridized carbons (Fsp3) is 0.682. The number of amides is 1. The quantitative estimate of drug-likeness (QED) is 0.686. The Morgan fingerprint density at radius 3 is 2.27 bits per heavy atom. The monoisotopic (exact) mass is 426 g/mol. The maximum Gasteiger partial charge on any atom is 0.573 e. The third kappa shape index (κ3) is 4.53. The van der Waals surface area contributed by atoms with Crippen LogP contribution in [-0.2, 0) is 4.74 Å². The molecule has 3 aliphatic heterocycles. The van der Waals surface area contributed by atoms with Crippen molar-refractivity contribution in [2.45, 2.75) is 75.9 Å². The summed E-state index contributed by atoms with van der Waals surface area (Å²) in [5, 5.41) is 0. The summed E-state index contributed by atoms with van der Waals surface area (Å²) in [5.41, 5.74) is 0.645. The van der Waals surface area contributed by atoms with E-state index >= 15 is 0 Å². The zero-order valence-electron chi connectivity index (χ0n) is 17.2. The van der Waals surface area contributed by atoms with Gasteiger partial charge in [-0.1, -0.05) is 18.2 Å². The predicted octanol–water partition coefficient (Wildman–Crippen LogP) is 4.92. The number of benzene rings is 1. The fourth-order valence-electron chi connectivity index (χ4n) is 5.55. The molecule has 166 valence electrons. The van der Waals surface area contributed by atoms with E-state index in [1.807, 2.05) is 11.8 Å². The summed E-state index contributed by atoms with van der Waals surface area (Å²) in [6.07, 6.45) is 0.711. The first-order valence-electron chi connectivity index (χ1n) is 10.9. The Kier molecular flexibility index (Phi) is 6.14. The number of hydrogen-bond acceptors (Lipinski definition) is 4. The number of rotatable bonds is 4. The Morgan fingerprint density at radius 2 is 1.67 bits per heavy atom. The maximum atomic E-state index is 12.7. The van der Waals surface area contributed by atoms with E-state index < -0.39 is 6.36 Å². The summed E-state index contributed by atoms with van der Waals surface area (Å²) in [6, 6.07) is 7.41. The molecule has 1 amide bonds. The molecule has 0 aromatic heterocycles. The summed E-state index contributed by atoms with van der Waals surface area (Å²) >= 11 is 0. The molecule has 3 fully saturated rings. The van der Waals surface area contributed by atoms with Crippen molar-refractivity contribution in [1.82, 2.24) is 9.80 Å². The van der Waals surface area contributed by atoms with Crippen LogP contribution in [0.1, 0.15) is 56.9 Å². The van der Waals surface area contributed by atoms with E-state index in [9.17, 15) is 18.0 Å². The molecule has 0 saturated carbocycles. The predicted molar refractivity (Wildman–Crippen MR) is 105 cm³/mol. The minimum atomic E-state index is -4.68. The van der Waals surface area contributed by atoms with Gasteiger partial charge in [0.05, 0.1) is 6.61 Å². The molecular formula is C22H29F3N2O3. The second-order valence-electron chi connectivity index (χ2n) is 8.51. The zero-order chi connectivity index (χ0) is 21.3. The standard InChI is InChI=1S/C22H29F3N2O3/c1-2-29-21(28)27-16-7-8-17(27)14-18(13-16)26-11-9-15(10-12-26)19-5-3-4-6-20(19)30-22(23,24)25/h3-6,15-18H,2,7-14H2,1H3. The van der Waals surface area contributed by atoms with E-state index in [1.165, 1.54) is 6.07 Å². The van der Waals surface area contributed by atoms with Gasteiger partial charge in [0, 0.05) is 18.1 Å².